The molecule has 0 radical (unpaired) electrons. The second kappa shape index (κ2) is 3.41. The molecule has 76 valence electrons. The molecule has 0 bridgehead atoms. The predicted octanol–water partition coefficient (Wildman–Crippen LogP) is 1.85. The van der Waals surface area contributed by atoms with Crippen molar-refractivity contribution in [2.75, 3.05) is 0 Å². The summed E-state index contributed by atoms with van der Waals surface area (Å²) in [6.07, 6.45) is -4.74. The lowest BCUT2D eigenvalue weighted by Gasteiger charge is -2.07. The second-order valence-electron chi connectivity index (χ2n) is 2.24. The van der Waals surface area contributed by atoms with Crippen LogP contribution in [0.2, 0.25) is 5.15 Å². The third kappa shape index (κ3) is 2.11. The van der Waals surface area contributed by atoms with Crippen LogP contribution in [0.3, 0.4) is 0 Å². The van der Waals surface area contributed by atoms with Crippen molar-refractivity contribution in [3.63, 3.8) is 0 Å². The molecule has 8 heteroatoms. The molecule has 0 aliphatic heterocycles. The zero-order chi connectivity index (χ0) is 10.9. The van der Waals surface area contributed by atoms with Crippen LogP contribution < -0.4 is 0 Å². The van der Waals surface area contributed by atoms with Gasteiger partial charge in [-0.15, -0.1) is 10.2 Å². The normalized spacial score (nSPS) is 11.4. The van der Waals surface area contributed by atoms with E-state index in [4.69, 9.17) is 16.7 Å². The van der Waals surface area contributed by atoms with Gasteiger partial charge in [-0.1, -0.05) is 11.6 Å². The van der Waals surface area contributed by atoms with Crippen LogP contribution in [0.1, 0.15) is 16.1 Å². The highest BCUT2D eigenvalue weighted by Gasteiger charge is 2.35. The van der Waals surface area contributed by atoms with Crippen LogP contribution in [0, 0.1) is 0 Å². The number of alkyl halides is 3. The Labute approximate surface area is 80.3 Å². The molecule has 1 N–H and O–H groups in total. The Balaban J connectivity index is 3.29. The topological polar surface area (TPSA) is 63.1 Å². The van der Waals surface area contributed by atoms with E-state index in [9.17, 15) is 18.0 Å². The number of carboxylic acid groups (broad SMARTS) is 1. The van der Waals surface area contributed by atoms with Crippen molar-refractivity contribution < 1.29 is 23.1 Å². The van der Waals surface area contributed by atoms with Gasteiger partial charge in [0.2, 0.25) is 0 Å². The van der Waals surface area contributed by atoms with E-state index < -0.39 is 28.6 Å². The van der Waals surface area contributed by atoms with E-state index in [1.54, 1.807) is 0 Å². The summed E-state index contributed by atoms with van der Waals surface area (Å²) in [6, 6.07) is 0.331. The first-order valence-corrected chi connectivity index (χ1v) is 3.54. The van der Waals surface area contributed by atoms with Crippen LogP contribution in [0.5, 0.6) is 0 Å². The fourth-order valence-electron chi connectivity index (χ4n) is 0.680. The summed E-state index contributed by atoms with van der Waals surface area (Å²) in [5, 5.41) is 13.3. The van der Waals surface area contributed by atoms with Gasteiger partial charge in [0.25, 0.3) is 0 Å². The number of carbonyl (C=O) groups is 1. The van der Waals surface area contributed by atoms with E-state index in [0.29, 0.717) is 6.07 Å². The Morgan fingerprint density at radius 3 is 2.43 bits per heavy atom. The van der Waals surface area contributed by atoms with Gasteiger partial charge >= 0.3 is 12.1 Å². The third-order valence-electron chi connectivity index (χ3n) is 1.27. The largest absolute Gasteiger partial charge is 0.476 e. The Hall–Kier alpha value is -1.37. The minimum atomic E-state index is -4.74. The number of carboxylic acids is 1. The molecule has 1 aromatic rings. The molecule has 14 heavy (non-hydrogen) atoms. The van der Waals surface area contributed by atoms with Crippen molar-refractivity contribution in [1.29, 1.82) is 0 Å². The van der Waals surface area contributed by atoms with E-state index in [-0.39, 0.29) is 0 Å². The van der Waals surface area contributed by atoms with E-state index in [1.807, 2.05) is 0 Å². The van der Waals surface area contributed by atoms with Crippen molar-refractivity contribution in [1.82, 2.24) is 10.2 Å². The maximum absolute atomic E-state index is 12.1. The van der Waals surface area contributed by atoms with Gasteiger partial charge in [0.1, 0.15) is 0 Å². The first kappa shape index (κ1) is 10.7. The summed E-state index contributed by atoms with van der Waals surface area (Å²) in [4.78, 5) is 10.3. The SMILES string of the molecule is O=C(O)c1cc(C(F)(F)F)c(Cl)nn1. The molecule has 0 aliphatic carbocycles. The lowest BCUT2D eigenvalue weighted by atomic mass is 10.2. The summed E-state index contributed by atoms with van der Waals surface area (Å²) in [6.45, 7) is 0. The Morgan fingerprint density at radius 1 is 1.43 bits per heavy atom. The Bertz CT molecular complexity index is 380. The summed E-state index contributed by atoms with van der Waals surface area (Å²) in [5.41, 5.74) is -2.12. The quantitative estimate of drug-likeness (QED) is 0.794. The third-order valence-corrected chi connectivity index (χ3v) is 1.55. The number of halogens is 4. The first-order chi connectivity index (χ1) is 6.32. The molecule has 0 amide bonds. The van der Waals surface area contributed by atoms with Crippen molar-refractivity contribution in [3.05, 3.63) is 22.5 Å². The molecule has 4 nitrogen and oxygen atoms in total. The standard InChI is InChI=1S/C6H2ClF3N2O2/c7-4-2(6(8,9)10)1-3(5(13)14)11-12-4/h1H,(H,13,14). The van der Waals surface area contributed by atoms with Gasteiger partial charge in [-0.25, -0.2) is 4.79 Å². The van der Waals surface area contributed by atoms with Crippen LogP contribution in [0.15, 0.2) is 6.07 Å². The van der Waals surface area contributed by atoms with E-state index >= 15 is 0 Å². The molecule has 1 heterocycles. The minimum Gasteiger partial charge on any atom is -0.476 e. The van der Waals surface area contributed by atoms with E-state index in [1.165, 1.54) is 0 Å². The van der Waals surface area contributed by atoms with Gasteiger partial charge in [0.05, 0.1) is 5.56 Å². The summed E-state index contributed by atoms with van der Waals surface area (Å²) >= 11 is 5.10. The van der Waals surface area contributed by atoms with Crippen LogP contribution in [0.25, 0.3) is 0 Å². The molecule has 0 unspecified atom stereocenters. The molecule has 0 spiro atoms. The number of rotatable bonds is 1. The second-order valence-corrected chi connectivity index (χ2v) is 2.59. The fraction of sp³-hybridized carbons (Fsp3) is 0.167. The molecule has 1 rings (SSSR count). The lowest BCUT2D eigenvalue weighted by Crippen LogP contribution is -2.11. The van der Waals surface area contributed by atoms with Crippen molar-refractivity contribution in [2.45, 2.75) is 6.18 Å². The van der Waals surface area contributed by atoms with Crippen LogP contribution >= 0.6 is 11.6 Å². The van der Waals surface area contributed by atoms with E-state index in [2.05, 4.69) is 10.2 Å². The molecule has 0 atom stereocenters. The molecule has 0 fully saturated rings. The highest BCUT2D eigenvalue weighted by Crippen LogP contribution is 2.33. The monoisotopic (exact) mass is 226 g/mol. The van der Waals surface area contributed by atoms with Crippen LogP contribution in [-0.4, -0.2) is 21.3 Å². The number of aromatic nitrogens is 2. The van der Waals surface area contributed by atoms with Gasteiger partial charge in [-0.05, 0) is 6.07 Å². The summed E-state index contributed by atoms with van der Waals surface area (Å²) in [7, 11) is 0. The van der Waals surface area contributed by atoms with Crippen LogP contribution in [0.4, 0.5) is 13.2 Å². The fourth-order valence-corrected chi connectivity index (χ4v) is 0.880. The smallest absolute Gasteiger partial charge is 0.419 e. The van der Waals surface area contributed by atoms with Crippen LogP contribution in [-0.2, 0) is 6.18 Å². The van der Waals surface area contributed by atoms with Crippen molar-refractivity contribution in [2.24, 2.45) is 0 Å². The minimum absolute atomic E-state index is 0.331. The summed E-state index contributed by atoms with van der Waals surface area (Å²) in [5.74, 6) is -1.60. The highest BCUT2D eigenvalue weighted by atomic mass is 35.5. The zero-order valence-electron chi connectivity index (χ0n) is 6.34. The van der Waals surface area contributed by atoms with Gasteiger partial charge in [-0.3, -0.25) is 0 Å². The maximum Gasteiger partial charge on any atom is 0.419 e. The van der Waals surface area contributed by atoms with Gasteiger partial charge in [-0.2, -0.15) is 13.2 Å². The molecule has 0 saturated carbocycles. The average molecular weight is 227 g/mol. The summed E-state index contributed by atoms with van der Waals surface area (Å²) < 4.78 is 36.4. The molecule has 0 saturated heterocycles. The Morgan fingerprint density at radius 2 is 2.00 bits per heavy atom. The first-order valence-electron chi connectivity index (χ1n) is 3.16. The molecule has 0 aliphatic rings. The number of aromatic carboxylic acids is 1. The number of nitrogens with zero attached hydrogens (tertiary/aromatic N) is 2. The number of hydrogen-bond donors (Lipinski definition) is 1. The van der Waals surface area contributed by atoms with Crippen molar-refractivity contribution in [3.8, 4) is 0 Å². The van der Waals surface area contributed by atoms with Crippen molar-refractivity contribution >= 4 is 17.6 Å². The maximum atomic E-state index is 12.1. The Kier molecular flexibility index (Phi) is 2.61. The van der Waals surface area contributed by atoms with E-state index in [0.717, 1.165) is 0 Å². The molecular formula is C6H2ClF3N2O2. The van der Waals surface area contributed by atoms with Gasteiger partial charge < -0.3 is 5.11 Å². The highest BCUT2D eigenvalue weighted by molar-refractivity contribution is 6.30. The molecular weight excluding hydrogens is 225 g/mol. The average Bonchev–Trinajstić information content (AvgIpc) is 2.02. The molecule has 0 aromatic carbocycles. The lowest BCUT2D eigenvalue weighted by molar-refractivity contribution is -0.137. The van der Waals surface area contributed by atoms with Gasteiger partial charge in [0, 0.05) is 0 Å². The zero-order valence-corrected chi connectivity index (χ0v) is 7.10. The number of hydrogen-bond acceptors (Lipinski definition) is 3. The molecule has 1 aromatic heterocycles. The predicted molar refractivity (Wildman–Crippen MR) is 39.0 cm³/mol. The van der Waals surface area contributed by atoms with Gasteiger partial charge in [0.15, 0.2) is 10.8 Å².